The molecular formula is C16H22F3N. The molecule has 20 heavy (non-hydrogen) atoms. The van der Waals surface area contributed by atoms with E-state index in [2.05, 4.69) is 5.32 Å². The van der Waals surface area contributed by atoms with Crippen molar-refractivity contribution < 1.29 is 13.2 Å². The van der Waals surface area contributed by atoms with Gasteiger partial charge < -0.3 is 5.32 Å². The molecule has 0 spiro atoms. The van der Waals surface area contributed by atoms with Crippen molar-refractivity contribution in [3.63, 3.8) is 0 Å². The summed E-state index contributed by atoms with van der Waals surface area (Å²) in [7, 11) is 1.77. The first-order valence-electron chi connectivity index (χ1n) is 7.37. The van der Waals surface area contributed by atoms with Crippen molar-refractivity contribution in [2.24, 2.45) is 5.92 Å². The van der Waals surface area contributed by atoms with Crippen LogP contribution in [0.5, 0.6) is 0 Å². The molecule has 0 aromatic heterocycles. The monoisotopic (exact) mass is 285 g/mol. The van der Waals surface area contributed by atoms with Gasteiger partial charge in [0.25, 0.3) is 0 Å². The molecule has 0 aliphatic heterocycles. The molecule has 4 heteroatoms. The van der Waals surface area contributed by atoms with E-state index in [1.54, 1.807) is 19.2 Å². The van der Waals surface area contributed by atoms with Crippen LogP contribution in [0.25, 0.3) is 0 Å². The van der Waals surface area contributed by atoms with E-state index in [-0.39, 0.29) is 6.04 Å². The van der Waals surface area contributed by atoms with E-state index < -0.39 is 11.7 Å². The highest BCUT2D eigenvalue weighted by Crippen LogP contribution is 2.39. The van der Waals surface area contributed by atoms with Gasteiger partial charge >= 0.3 is 6.18 Å². The van der Waals surface area contributed by atoms with Crippen LogP contribution in [0.1, 0.15) is 55.7 Å². The minimum absolute atomic E-state index is 0.203. The van der Waals surface area contributed by atoms with E-state index in [1.807, 2.05) is 0 Å². The Morgan fingerprint density at radius 2 is 1.65 bits per heavy atom. The Morgan fingerprint density at radius 3 is 2.20 bits per heavy atom. The van der Waals surface area contributed by atoms with Crippen molar-refractivity contribution in [3.05, 3.63) is 35.4 Å². The average molecular weight is 285 g/mol. The van der Waals surface area contributed by atoms with Crippen molar-refractivity contribution in [2.75, 3.05) is 7.05 Å². The molecule has 112 valence electrons. The summed E-state index contributed by atoms with van der Waals surface area (Å²) in [6, 6.07) is 5.77. The fraction of sp³-hybridized carbons (Fsp3) is 0.625. The van der Waals surface area contributed by atoms with Gasteiger partial charge in [-0.15, -0.1) is 0 Å². The lowest BCUT2D eigenvalue weighted by atomic mass is 9.85. The number of alkyl halides is 3. The lowest BCUT2D eigenvalue weighted by Gasteiger charge is -2.28. The Morgan fingerprint density at radius 1 is 1.05 bits per heavy atom. The summed E-state index contributed by atoms with van der Waals surface area (Å²) in [5.41, 5.74) is -0.0991. The summed E-state index contributed by atoms with van der Waals surface area (Å²) in [5.74, 6) is 0.297. The molecule has 0 heterocycles. The highest BCUT2D eigenvalue weighted by Gasteiger charge is 2.36. The first kappa shape index (κ1) is 15.4. The lowest BCUT2D eigenvalue weighted by molar-refractivity contribution is -0.138. The molecular weight excluding hydrogens is 263 g/mol. The van der Waals surface area contributed by atoms with Gasteiger partial charge in [-0.1, -0.05) is 43.9 Å². The van der Waals surface area contributed by atoms with Crippen LogP contribution >= 0.6 is 0 Å². The van der Waals surface area contributed by atoms with Crippen LogP contribution < -0.4 is 5.32 Å². The smallest absolute Gasteiger partial charge is 0.313 e. The number of rotatable bonds is 3. The normalized spacial score (nSPS) is 19.6. The zero-order valence-electron chi connectivity index (χ0n) is 11.8. The maximum atomic E-state index is 13.2. The zero-order chi connectivity index (χ0) is 14.6. The second kappa shape index (κ2) is 6.61. The number of benzene rings is 1. The third kappa shape index (κ3) is 3.54. The Labute approximate surface area is 118 Å². The molecule has 1 aromatic carbocycles. The van der Waals surface area contributed by atoms with Gasteiger partial charge in [0.2, 0.25) is 0 Å². The van der Waals surface area contributed by atoms with Gasteiger partial charge in [-0.3, -0.25) is 0 Å². The molecule has 2 rings (SSSR count). The molecule has 1 aromatic rings. The summed E-state index contributed by atoms with van der Waals surface area (Å²) >= 11 is 0. The first-order chi connectivity index (χ1) is 9.54. The van der Waals surface area contributed by atoms with E-state index in [4.69, 9.17) is 0 Å². The predicted molar refractivity (Wildman–Crippen MR) is 74.4 cm³/mol. The Bertz CT molecular complexity index is 420. The third-order valence-corrected chi connectivity index (χ3v) is 4.28. The van der Waals surface area contributed by atoms with Crippen LogP contribution in [-0.2, 0) is 6.18 Å². The van der Waals surface area contributed by atoms with E-state index in [0.717, 1.165) is 25.7 Å². The molecule has 1 unspecified atom stereocenters. The number of halogens is 3. The van der Waals surface area contributed by atoms with E-state index in [1.165, 1.54) is 25.0 Å². The van der Waals surface area contributed by atoms with Gasteiger partial charge in [-0.2, -0.15) is 13.2 Å². The minimum atomic E-state index is -4.28. The molecule has 1 N–H and O–H groups in total. The maximum Gasteiger partial charge on any atom is 0.416 e. The van der Waals surface area contributed by atoms with Crippen molar-refractivity contribution in [1.29, 1.82) is 0 Å². The van der Waals surface area contributed by atoms with Gasteiger partial charge in [-0.25, -0.2) is 0 Å². The molecule has 1 fully saturated rings. The van der Waals surface area contributed by atoms with Crippen molar-refractivity contribution >= 4 is 0 Å². The summed E-state index contributed by atoms with van der Waals surface area (Å²) in [6.07, 6.45) is 2.39. The number of nitrogens with one attached hydrogen (secondary N) is 1. The van der Waals surface area contributed by atoms with Crippen LogP contribution in [0, 0.1) is 5.92 Å². The average Bonchev–Trinajstić information content (AvgIpc) is 2.68. The molecule has 1 aliphatic rings. The van der Waals surface area contributed by atoms with Crippen LogP contribution in [0.4, 0.5) is 13.2 Å². The number of hydrogen-bond acceptors (Lipinski definition) is 1. The first-order valence-corrected chi connectivity index (χ1v) is 7.37. The van der Waals surface area contributed by atoms with Gasteiger partial charge in [0.15, 0.2) is 0 Å². The Hall–Kier alpha value is -1.03. The number of hydrogen-bond donors (Lipinski definition) is 1. The van der Waals surface area contributed by atoms with E-state index in [0.29, 0.717) is 11.5 Å². The third-order valence-electron chi connectivity index (χ3n) is 4.28. The molecule has 1 saturated carbocycles. The SMILES string of the molecule is CNC(c1ccccc1C(F)(F)F)C1CCCCCC1. The fourth-order valence-corrected chi connectivity index (χ4v) is 3.32. The van der Waals surface area contributed by atoms with Crippen molar-refractivity contribution in [2.45, 2.75) is 50.7 Å². The fourth-order valence-electron chi connectivity index (χ4n) is 3.32. The Balaban J connectivity index is 2.31. The highest BCUT2D eigenvalue weighted by atomic mass is 19.4. The second-order valence-corrected chi connectivity index (χ2v) is 5.60. The lowest BCUT2D eigenvalue weighted by Crippen LogP contribution is -2.27. The molecule has 1 nitrogen and oxygen atoms in total. The van der Waals surface area contributed by atoms with Crippen LogP contribution in [0.3, 0.4) is 0 Å². The minimum Gasteiger partial charge on any atom is -0.313 e. The quantitative estimate of drug-likeness (QED) is 0.776. The summed E-state index contributed by atoms with van der Waals surface area (Å²) in [4.78, 5) is 0. The maximum absolute atomic E-state index is 13.2. The summed E-state index contributed by atoms with van der Waals surface area (Å²) in [6.45, 7) is 0. The highest BCUT2D eigenvalue weighted by molar-refractivity contribution is 5.33. The van der Waals surface area contributed by atoms with Gasteiger partial charge in [0.1, 0.15) is 0 Å². The molecule has 0 amide bonds. The van der Waals surface area contributed by atoms with Crippen LogP contribution in [0.15, 0.2) is 24.3 Å². The summed E-state index contributed by atoms with van der Waals surface area (Å²) in [5, 5.41) is 3.13. The van der Waals surface area contributed by atoms with Gasteiger partial charge in [0.05, 0.1) is 5.56 Å². The van der Waals surface area contributed by atoms with Gasteiger partial charge in [-0.05, 0) is 37.4 Å². The molecule has 1 aliphatic carbocycles. The summed E-state index contributed by atoms with van der Waals surface area (Å²) < 4.78 is 39.5. The van der Waals surface area contributed by atoms with Crippen molar-refractivity contribution in [1.82, 2.24) is 5.32 Å². The molecule has 0 saturated heterocycles. The predicted octanol–water partition coefficient (Wildman–Crippen LogP) is 4.94. The van der Waals surface area contributed by atoms with Crippen LogP contribution in [-0.4, -0.2) is 7.05 Å². The van der Waals surface area contributed by atoms with Crippen molar-refractivity contribution in [3.8, 4) is 0 Å². The van der Waals surface area contributed by atoms with Gasteiger partial charge in [0, 0.05) is 6.04 Å². The van der Waals surface area contributed by atoms with E-state index in [9.17, 15) is 13.2 Å². The van der Waals surface area contributed by atoms with E-state index >= 15 is 0 Å². The van der Waals surface area contributed by atoms with Crippen LogP contribution in [0.2, 0.25) is 0 Å². The second-order valence-electron chi connectivity index (χ2n) is 5.60. The molecule has 0 radical (unpaired) electrons. The largest absolute Gasteiger partial charge is 0.416 e. The topological polar surface area (TPSA) is 12.0 Å². The zero-order valence-corrected chi connectivity index (χ0v) is 11.8. The standard InChI is InChI=1S/C16H22F3N/c1-20-15(12-8-4-2-3-5-9-12)13-10-6-7-11-14(13)16(17,18)19/h6-7,10-12,15,20H,2-5,8-9H2,1H3. The molecule has 0 bridgehead atoms. The Kier molecular flexibility index (Phi) is 5.08. The molecule has 1 atom stereocenters.